The lowest BCUT2D eigenvalue weighted by molar-refractivity contribution is 0.0758. The van der Waals surface area contributed by atoms with E-state index in [1.54, 1.807) is 0 Å². The summed E-state index contributed by atoms with van der Waals surface area (Å²) in [4.78, 5) is 21.0. The lowest BCUT2D eigenvalue weighted by Gasteiger charge is -2.34. The predicted octanol–water partition coefficient (Wildman–Crippen LogP) is 0.00470. The second-order valence-electron chi connectivity index (χ2n) is 6.03. The molecule has 0 radical (unpaired) electrons. The number of carbonyl (C=O) groups excluding carboxylic acids is 1. The molecule has 1 unspecified atom stereocenters. The Labute approximate surface area is 124 Å². The molecule has 1 amide bonds. The lowest BCUT2D eigenvalue weighted by atomic mass is 10.0. The number of rotatable bonds is 3. The molecule has 2 aliphatic rings. The molecule has 2 saturated heterocycles. The Morgan fingerprint density at radius 1 is 1.33 bits per heavy atom. The molecule has 3 N–H and O–H groups in total. The van der Waals surface area contributed by atoms with Crippen LogP contribution in [0.15, 0.2) is 0 Å². The van der Waals surface area contributed by atoms with Crippen molar-refractivity contribution < 1.29 is 4.79 Å². The van der Waals surface area contributed by atoms with Crippen molar-refractivity contribution in [2.45, 2.75) is 44.7 Å². The Balaban J connectivity index is 1.57. The number of H-pyrrole nitrogens is 1. The largest absolute Gasteiger partial charge is 0.334 e. The van der Waals surface area contributed by atoms with Crippen molar-refractivity contribution in [3.05, 3.63) is 11.6 Å². The summed E-state index contributed by atoms with van der Waals surface area (Å²) in [6.45, 7) is 5.66. The Morgan fingerprint density at radius 3 is 2.76 bits per heavy atom. The number of carbonyl (C=O) groups is 1. The summed E-state index contributed by atoms with van der Waals surface area (Å²) < 4.78 is 0. The molecule has 2 fully saturated rings. The molecule has 7 heteroatoms. The van der Waals surface area contributed by atoms with E-state index in [9.17, 15) is 4.79 Å². The highest BCUT2D eigenvalue weighted by atomic mass is 16.2. The molecule has 116 valence electrons. The Hall–Kier alpha value is -1.47. The van der Waals surface area contributed by atoms with Crippen molar-refractivity contribution in [3.8, 4) is 0 Å². The van der Waals surface area contributed by atoms with Crippen LogP contribution in [0, 0.1) is 0 Å². The SMILES string of the molecule is CCc1nc(C(=O)N2CCC(N3CCC(N)CC3)C2)n[nH]1. The number of aromatic nitrogens is 3. The molecule has 0 saturated carbocycles. The molecule has 0 aromatic carbocycles. The molecule has 7 nitrogen and oxygen atoms in total. The van der Waals surface area contributed by atoms with Crippen molar-refractivity contribution in [1.82, 2.24) is 25.0 Å². The minimum Gasteiger partial charge on any atom is -0.334 e. The second kappa shape index (κ2) is 6.11. The minimum atomic E-state index is -0.0536. The van der Waals surface area contributed by atoms with Gasteiger partial charge in [0.1, 0.15) is 5.82 Å². The van der Waals surface area contributed by atoms with Gasteiger partial charge in [0.2, 0.25) is 5.82 Å². The van der Waals surface area contributed by atoms with Gasteiger partial charge in [-0.05, 0) is 32.4 Å². The highest BCUT2D eigenvalue weighted by Gasteiger charge is 2.33. The lowest BCUT2D eigenvalue weighted by Crippen LogP contribution is -2.46. The number of amides is 1. The molecule has 1 aromatic rings. The molecule has 2 aliphatic heterocycles. The van der Waals surface area contributed by atoms with Gasteiger partial charge in [-0.15, -0.1) is 5.10 Å². The van der Waals surface area contributed by atoms with Crippen LogP contribution >= 0.6 is 0 Å². The molecule has 0 aliphatic carbocycles. The number of nitrogens with two attached hydrogens (primary N) is 1. The van der Waals surface area contributed by atoms with Gasteiger partial charge in [-0.1, -0.05) is 6.92 Å². The van der Waals surface area contributed by atoms with Crippen molar-refractivity contribution in [3.63, 3.8) is 0 Å². The summed E-state index contributed by atoms with van der Waals surface area (Å²) in [6, 6.07) is 0.812. The molecule has 3 rings (SSSR count). The maximum atomic E-state index is 12.4. The van der Waals surface area contributed by atoms with Gasteiger partial charge in [0.05, 0.1) is 0 Å². The zero-order valence-electron chi connectivity index (χ0n) is 12.6. The monoisotopic (exact) mass is 292 g/mol. The van der Waals surface area contributed by atoms with Crippen LogP contribution in [-0.4, -0.2) is 69.2 Å². The minimum absolute atomic E-state index is 0.0536. The van der Waals surface area contributed by atoms with Crippen LogP contribution in [0.5, 0.6) is 0 Å². The van der Waals surface area contributed by atoms with Crippen molar-refractivity contribution in [2.75, 3.05) is 26.2 Å². The van der Waals surface area contributed by atoms with Crippen LogP contribution in [0.25, 0.3) is 0 Å². The fourth-order valence-corrected chi connectivity index (χ4v) is 3.20. The first kappa shape index (κ1) is 14.5. The van der Waals surface area contributed by atoms with Gasteiger partial charge in [-0.3, -0.25) is 14.8 Å². The summed E-state index contributed by atoms with van der Waals surface area (Å²) in [5.41, 5.74) is 5.95. The summed E-state index contributed by atoms with van der Waals surface area (Å²) in [5, 5.41) is 6.83. The fourth-order valence-electron chi connectivity index (χ4n) is 3.20. The third-order valence-electron chi connectivity index (χ3n) is 4.60. The average molecular weight is 292 g/mol. The quantitative estimate of drug-likeness (QED) is 0.818. The first-order valence-electron chi connectivity index (χ1n) is 7.87. The molecule has 0 bridgehead atoms. The molecular formula is C14H24N6O. The molecular weight excluding hydrogens is 268 g/mol. The Bertz CT molecular complexity index is 493. The van der Waals surface area contributed by atoms with Crippen molar-refractivity contribution >= 4 is 5.91 Å². The van der Waals surface area contributed by atoms with Gasteiger partial charge >= 0.3 is 0 Å². The van der Waals surface area contributed by atoms with Crippen molar-refractivity contribution in [1.29, 1.82) is 0 Å². The highest BCUT2D eigenvalue weighted by molar-refractivity contribution is 5.90. The standard InChI is InChI=1S/C14H24N6O/c1-2-12-16-13(18-17-12)14(21)20-8-5-11(9-20)19-6-3-10(15)4-7-19/h10-11H,2-9,15H2,1H3,(H,16,17,18). The van der Waals surface area contributed by atoms with Crippen LogP contribution in [0.4, 0.5) is 0 Å². The topological polar surface area (TPSA) is 91.1 Å². The summed E-state index contributed by atoms with van der Waals surface area (Å²) >= 11 is 0. The highest BCUT2D eigenvalue weighted by Crippen LogP contribution is 2.20. The van der Waals surface area contributed by atoms with Gasteiger partial charge in [0.15, 0.2) is 0 Å². The number of likely N-dealkylation sites (tertiary alicyclic amines) is 2. The van der Waals surface area contributed by atoms with Gasteiger partial charge < -0.3 is 10.6 Å². The maximum Gasteiger partial charge on any atom is 0.293 e. The molecule has 3 heterocycles. The van der Waals surface area contributed by atoms with Crippen LogP contribution < -0.4 is 5.73 Å². The second-order valence-corrected chi connectivity index (χ2v) is 6.03. The van der Waals surface area contributed by atoms with Crippen LogP contribution in [-0.2, 0) is 6.42 Å². The van der Waals surface area contributed by atoms with E-state index in [0.29, 0.717) is 17.9 Å². The summed E-state index contributed by atoms with van der Waals surface area (Å²) in [7, 11) is 0. The zero-order valence-corrected chi connectivity index (χ0v) is 12.6. The number of hydrogen-bond donors (Lipinski definition) is 2. The summed E-state index contributed by atoms with van der Waals surface area (Å²) in [6.07, 6.45) is 3.92. The number of nitrogens with one attached hydrogen (secondary N) is 1. The number of hydrogen-bond acceptors (Lipinski definition) is 5. The van der Waals surface area contributed by atoms with Gasteiger partial charge in [-0.25, -0.2) is 4.98 Å². The van der Waals surface area contributed by atoms with Gasteiger partial charge in [0, 0.05) is 31.6 Å². The number of piperidine rings is 1. The molecule has 0 spiro atoms. The van der Waals surface area contributed by atoms with Crippen LogP contribution in [0.1, 0.15) is 42.6 Å². The van der Waals surface area contributed by atoms with E-state index in [2.05, 4.69) is 20.1 Å². The van der Waals surface area contributed by atoms with E-state index in [1.165, 1.54) is 0 Å². The predicted molar refractivity (Wildman–Crippen MR) is 78.9 cm³/mol. The van der Waals surface area contributed by atoms with Gasteiger partial charge in [0.25, 0.3) is 5.91 Å². The Kier molecular flexibility index (Phi) is 4.21. The van der Waals surface area contributed by atoms with E-state index in [4.69, 9.17) is 5.73 Å². The summed E-state index contributed by atoms with van der Waals surface area (Å²) in [5.74, 6) is 1.01. The first-order valence-corrected chi connectivity index (χ1v) is 7.87. The number of aromatic amines is 1. The first-order chi connectivity index (χ1) is 10.2. The Morgan fingerprint density at radius 2 is 2.10 bits per heavy atom. The maximum absolute atomic E-state index is 12.4. The normalized spacial score (nSPS) is 24.7. The van der Waals surface area contributed by atoms with E-state index in [1.807, 2.05) is 11.8 Å². The number of nitrogens with zero attached hydrogens (tertiary/aromatic N) is 4. The molecule has 21 heavy (non-hydrogen) atoms. The average Bonchev–Trinajstić information content (AvgIpc) is 3.16. The van der Waals surface area contributed by atoms with Crippen LogP contribution in [0.2, 0.25) is 0 Å². The third-order valence-corrected chi connectivity index (χ3v) is 4.60. The zero-order chi connectivity index (χ0) is 14.8. The van der Waals surface area contributed by atoms with E-state index in [-0.39, 0.29) is 5.91 Å². The number of aryl methyl sites for hydroxylation is 1. The van der Waals surface area contributed by atoms with Gasteiger partial charge in [-0.2, -0.15) is 0 Å². The van der Waals surface area contributed by atoms with E-state index >= 15 is 0 Å². The molecule has 1 atom stereocenters. The third kappa shape index (κ3) is 3.08. The van der Waals surface area contributed by atoms with E-state index < -0.39 is 0 Å². The van der Waals surface area contributed by atoms with Crippen molar-refractivity contribution in [2.24, 2.45) is 5.73 Å². The fraction of sp³-hybridized carbons (Fsp3) is 0.786. The smallest absolute Gasteiger partial charge is 0.293 e. The van der Waals surface area contributed by atoms with Crippen LogP contribution in [0.3, 0.4) is 0 Å². The van der Waals surface area contributed by atoms with E-state index in [0.717, 1.165) is 57.7 Å². The molecule has 1 aromatic heterocycles.